The summed E-state index contributed by atoms with van der Waals surface area (Å²) in [6.07, 6.45) is 0. The van der Waals surface area contributed by atoms with E-state index in [9.17, 15) is 13.2 Å². The maximum Gasteiger partial charge on any atom is 0.264 e. The fourth-order valence-corrected chi connectivity index (χ4v) is 4.83. The average Bonchev–Trinajstić information content (AvgIpc) is 2.76. The highest BCUT2D eigenvalue weighted by Crippen LogP contribution is 2.24. The highest BCUT2D eigenvalue weighted by Gasteiger charge is 2.21. The predicted molar refractivity (Wildman–Crippen MR) is 130 cm³/mol. The number of hydrogen-bond donors (Lipinski definition) is 1. The van der Waals surface area contributed by atoms with Crippen molar-refractivity contribution in [2.75, 3.05) is 11.4 Å². The number of nitrogens with one attached hydrogen (secondary N) is 1. The minimum atomic E-state index is -3.68. The molecule has 1 amide bonds. The van der Waals surface area contributed by atoms with E-state index in [2.05, 4.69) is 31.3 Å². The minimum Gasteiger partial charge on any atom is -0.346 e. The van der Waals surface area contributed by atoms with Crippen molar-refractivity contribution in [1.82, 2.24) is 5.32 Å². The van der Waals surface area contributed by atoms with Gasteiger partial charge in [-0.2, -0.15) is 0 Å². The number of sulfonamides is 1. The molecule has 0 saturated carbocycles. The maximum absolute atomic E-state index is 12.9. The van der Waals surface area contributed by atoms with E-state index in [1.807, 2.05) is 20.8 Å². The molecule has 0 fully saturated rings. The molecule has 0 spiro atoms. The van der Waals surface area contributed by atoms with Gasteiger partial charge in [-0.25, -0.2) is 8.42 Å². The summed E-state index contributed by atoms with van der Waals surface area (Å²) >= 11 is 0. The molecular weight excluding hydrogens is 420 g/mol. The first kappa shape index (κ1) is 23.5. The minimum absolute atomic E-state index is 0.147. The Hall–Kier alpha value is -3.12. The van der Waals surface area contributed by atoms with Crippen LogP contribution in [-0.4, -0.2) is 21.4 Å². The van der Waals surface area contributed by atoms with E-state index < -0.39 is 10.0 Å². The van der Waals surface area contributed by atoms with Crippen molar-refractivity contribution < 1.29 is 13.2 Å². The van der Waals surface area contributed by atoms with Crippen LogP contribution < -0.4 is 9.62 Å². The summed E-state index contributed by atoms with van der Waals surface area (Å²) in [5.41, 5.74) is 6.59. The van der Waals surface area contributed by atoms with E-state index in [1.165, 1.54) is 22.5 Å². The number of carbonyl (C=O) groups is 1. The number of hydrogen-bond acceptors (Lipinski definition) is 3. The molecule has 0 unspecified atom stereocenters. The van der Waals surface area contributed by atoms with E-state index in [-0.39, 0.29) is 16.8 Å². The topological polar surface area (TPSA) is 66.5 Å². The third-order valence-corrected chi connectivity index (χ3v) is 7.67. The van der Waals surface area contributed by atoms with E-state index in [0.717, 1.165) is 16.7 Å². The van der Waals surface area contributed by atoms with Gasteiger partial charge in [0.25, 0.3) is 15.9 Å². The molecule has 0 aliphatic rings. The third kappa shape index (κ3) is 4.86. The quantitative estimate of drug-likeness (QED) is 0.559. The van der Waals surface area contributed by atoms with Crippen molar-refractivity contribution in [3.8, 4) is 0 Å². The van der Waals surface area contributed by atoms with Crippen LogP contribution in [0.3, 0.4) is 0 Å². The number of nitrogens with zero attached hydrogens (tertiary/aromatic N) is 1. The first-order valence-corrected chi connectivity index (χ1v) is 12.0. The number of carbonyl (C=O) groups excluding carboxylic acids is 1. The van der Waals surface area contributed by atoms with Crippen molar-refractivity contribution >= 4 is 21.6 Å². The standard InChI is InChI=1S/C26H30N2O3S/c1-17-7-13-24(14-8-17)32(30,31)28(6)23-11-9-22(10-12-23)26(29)27-21(5)25-16-19(3)18(2)15-20(25)4/h7-16,21H,1-6H3,(H,27,29)/t21-/m1/s1. The Labute approximate surface area is 191 Å². The van der Waals surface area contributed by atoms with Crippen molar-refractivity contribution in [2.45, 2.75) is 45.6 Å². The van der Waals surface area contributed by atoms with Crippen molar-refractivity contribution in [2.24, 2.45) is 0 Å². The summed E-state index contributed by atoms with van der Waals surface area (Å²) in [7, 11) is -2.17. The number of rotatable bonds is 6. The Balaban J connectivity index is 1.75. The van der Waals surface area contributed by atoms with Crippen LogP contribution in [-0.2, 0) is 10.0 Å². The Morgan fingerprint density at radius 1 is 0.844 bits per heavy atom. The van der Waals surface area contributed by atoms with Gasteiger partial charge in [0.15, 0.2) is 0 Å². The Bertz CT molecular complexity index is 1230. The zero-order valence-electron chi connectivity index (χ0n) is 19.4. The normalized spacial score (nSPS) is 12.3. The molecule has 3 aromatic carbocycles. The Kier molecular flexibility index (Phi) is 6.74. The molecule has 3 aromatic rings. The van der Waals surface area contributed by atoms with Crippen LogP contribution in [0.4, 0.5) is 5.69 Å². The van der Waals surface area contributed by atoms with Crippen LogP contribution in [0, 0.1) is 27.7 Å². The molecule has 0 heterocycles. The number of aryl methyl sites for hydroxylation is 4. The predicted octanol–water partition coefficient (Wildman–Crippen LogP) is 5.24. The number of amides is 1. The molecule has 32 heavy (non-hydrogen) atoms. The van der Waals surface area contributed by atoms with Gasteiger partial charge in [0.1, 0.15) is 0 Å². The molecule has 0 radical (unpaired) electrons. The summed E-state index contributed by atoms with van der Waals surface area (Å²) in [5.74, 6) is -0.203. The first-order chi connectivity index (χ1) is 15.0. The van der Waals surface area contributed by atoms with Gasteiger partial charge in [0.2, 0.25) is 0 Å². The molecule has 0 saturated heterocycles. The zero-order valence-corrected chi connectivity index (χ0v) is 20.2. The molecule has 0 aromatic heterocycles. The molecule has 168 valence electrons. The van der Waals surface area contributed by atoms with Crippen molar-refractivity contribution in [1.29, 1.82) is 0 Å². The molecule has 0 aliphatic heterocycles. The van der Waals surface area contributed by atoms with E-state index in [1.54, 1.807) is 48.5 Å². The van der Waals surface area contributed by atoms with Gasteiger partial charge in [-0.1, -0.05) is 29.8 Å². The lowest BCUT2D eigenvalue weighted by molar-refractivity contribution is 0.0940. The SMILES string of the molecule is Cc1ccc(S(=O)(=O)N(C)c2ccc(C(=O)N[C@H](C)c3cc(C)c(C)cc3C)cc2)cc1. The molecule has 1 N–H and O–H groups in total. The van der Waals surface area contributed by atoms with Crippen LogP contribution in [0.2, 0.25) is 0 Å². The summed E-state index contributed by atoms with van der Waals surface area (Å²) in [6, 6.07) is 17.4. The lowest BCUT2D eigenvalue weighted by Gasteiger charge is -2.21. The smallest absolute Gasteiger partial charge is 0.264 e. The monoisotopic (exact) mass is 450 g/mol. The van der Waals surface area contributed by atoms with Gasteiger partial charge in [0.05, 0.1) is 16.6 Å². The second-order valence-corrected chi connectivity index (χ2v) is 10.3. The fourth-order valence-electron chi connectivity index (χ4n) is 3.64. The summed E-state index contributed by atoms with van der Waals surface area (Å²) < 4.78 is 27.0. The van der Waals surface area contributed by atoms with E-state index in [0.29, 0.717) is 11.3 Å². The van der Waals surface area contributed by atoms with Gasteiger partial charge in [0, 0.05) is 12.6 Å². The van der Waals surface area contributed by atoms with E-state index in [4.69, 9.17) is 0 Å². The van der Waals surface area contributed by atoms with Gasteiger partial charge < -0.3 is 5.32 Å². The Morgan fingerprint density at radius 3 is 2.00 bits per heavy atom. The van der Waals surface area contributed by atoms with Crippen LogP contribution in [0.25, 0.3) is 0 Å². The fraction of sp³-hybridized carbons (Fsp3) is 0.269. The summed E-state index contributed by atoms with van der Waals surface area (Å²) in [6.45, 7) is 10.1. The van der Waals surface area contributed by atoms with Gasteiger partial charge in [-0.3, -0.25) is 9.10 Å². The highest BCUT2D eigenvalue weighted by atomic mass is 32.2. The van der Waals surface area contributed by atoms with Crippen molar-refractivity contribution in [3.05, 3.63) is 94.0 Å². The van der Waals surface area contributed by atoms with Gasteiger partial charge >= 0.3 is 0 Å². The average molecular weight is 451 g/mol. The third-order valence-electron chi connectivity index (χ3n) is 5.87. The second kappa shape index (κ2) is 9.17. The largest absolute Gasteiger partial charge is 0.346 e. The summed E-state index contributed by atoms with van der Waals surface area (Å²) in [4.78, 5) is 13.0. The zero-order chi connectivity index (χ0) is 23.6. The van der Waals surface area contributed by atoms with Crippen LogP contribution in [0.1, 0.15) is 51.1 Å². The maximum atomic E-state index is 12.9. The Morgan fingerprint density at radius 2 is 1.41 bits per heavy atom. The molecule has 0 aliphatic carbocycles. The lowest BCUT2D eigenvalue weighted by Crippen LogP contribution is -2.28. The highest BCUT2D eigenvalue weighted by molar-refractivity contribution is 7.92. The first-order valence-electron chi connectivity index (χ1n) is 10.5. The number of benzene rings is 3. The molecule has 6 heteroatoms. The van der Waals surface area contributed by atoms with Crippen LogP contribution in [0.5, 0.6) is 0 Å². The second-order valence-electron chi connectivity index (χ2n) is 8.32. The molecular formula is C26H30N2O3S. The van der Waals surface area contributed by atoms with E-state index >= 15 is 0 Å². The van der Waals surface area contributed by atoms with Crippen LogP contribution >= 0.6 is 0 Å². The lowest BCUT2D eigenvalue weighted by atomic mass is 9.96. The van der Waals surface area contributed by atoms with Crippen molar-refractivity contribution in [3.63, 3.8) is 0 Å². The molecule has 3 rings (SSSR count). The van der Waals surface area contributed by atoms with Gasteiger partial charge in [-0.15, -0.1) is 0 Å². The summed E-state index contributed by atoms with van der Waals surface area (Å²) in [5, 5.41) is 3.04. The van der Waals surface area contributed by atoms with Crippen LogP contribution in [0.15, 0.2) is 65.6 Å². The van der Waals surface area contributed by atoms with Gasteiger partial charge in [-0.05, 0) is 93.3 Å². The molecule has 5 nitrogen and oxygen atoms in total. The molecule has 0 bridgehead atoms. The number of anilines is 1. The molecule has 1 atom stereocenters.